The fourth-order valence-corrected chi connectivity index (χ4v) is 3.59. The van der Waals surface area contributed by atoms with Gasteiger partial charge < -0.3 is 0 Å². The van der Waals surface area contributed by atoms with Crippen molar-refractivity contribution in [2.45, 2.75) is 18.2 Å². The molecule has 0 atom stereocenters. The van der Waals surface area contributed by atoms with Crippen molar-refractivity contribution in [1.82, 2.24) is 0 Å². The summed E-state index contributed by atoms with van der Waals surface area (Å²) in [6, 6.07) is 19.9. The van der Waals surface area contributed by atoms with Crippen LogP contribution in [0.15, 0.2) is 77.7 Å². The molecule has 128 valence electrons. The van der Waals surface area contributed by atoms with Crippen molar-refractivity contribution in [2.24, 2.45) is 0 Å². The minimum atomic E-state index is -3.65. The van der Waals surface area contributed by atoms with E-state index >= 15 is 0 Å². The highest BCUT2D eigenvalue weighted by atomic mass is 32.2. The lowest BCUT2D eigenvalue weighted by atomic mass is 10.1. The number of aryl methyl sites for hydroxylation is 1. The van der Waals surface area contributed by atoms with Crippen LogP contribution >= 0.6 is 0 Å². The first-order valence-corrected chi connectivity index (χ1v) is 9.44. The van der Waals surface area contributed by atoms with Crippen LogP contribution in [0, 0.1) is 5.82 Å². The van der Waals surface area contributed by atoms with Crippen molar-refractivity contribution < 1.29 is 12.8 Å². The second kappa shape index (κ2) is 7.07. The third-order valence-corrected chi connectivity index (χ3v) is 5.33. The maximum Gasteiger partial charge on any atom is 0.261 e. The summed E-state index contributed by atoms with van der Waals surface area (Å²) in [5.74, 6) is -0.304. The Labute approximate surface area is 147 Å². The van der Waals surface area contributed by atoms with E-state index in [1.807, 2.05) is 25.1 Å². The van der Waals surface area contributed by atoms with Gasteiger partial charge in [-0.15, -0.1) is 0 Å². The average molecular weight is 355 g/mol. The Kier molecular flexibility index (Phi) is 4.86. The van der Waals surface area contributed by atoms with Gasteiger partial charge in [0, 0.05) is 5.69 Å². The second-order valence-corrected chi connectivity index (χ2v) is 7.37. The predicted molar refractivity (Wildman–Crippen MR) is 98.5 cm³/mol. The lowest BCUT2D eigenvalue weighted by Gasteiger charge is -2.10. The molecular formula is C20H18FNO2S. The summed E-state index contributed by atoms with van der Waals surface area (Å²) in [5.41, 5.74) is 3.26. The highest BCUT2D eigenvalue weighted by molar-refractivity contribution is 7.92. The summed E-state index contributed by atoms with van der Waals surface area (Å²) in [5, 5.41) is 0. The number of halogens is 1. The van der Waals surface area contributed by atoms with E-state index in [0.29, 0.717) is 5.69 Å². The highest BCUT2D eigenvalue weighted by Gasteiger charge is 2.14. The minimum absolute atomic E-state index is 0.181. The largest absolute Gasteiger partial charge is 0.280 e. The molecule has 1 N–H and O–H groups in total. The molecule has 3 aromatic rings. The van der Waals surface area contributed by atoms with Crippen LogP contribution in [0.1, 0.15) is 12.5 Å². The van der Waals surface area contributed by atoms with Gasteiger partial charge in [0.2, 0.25) is 0 Å². The van der Waals surface area contributed by atoms with Crippen molar-refractivity contribution in [3.8, 4) is 11.1 Å². The van der Waals surface area contributed by atoms with E-state index in [1.54, 1.807) is 42.5 Å². The van der Waals surface area contributed by atoms with E-state index in [0.717, 1.165) is 23.1 Å². The molecule has 0 saturated heterocycles. The van der Waals surface area contributed by atoms with Crippen LogP contribution < -0.4 is 4.72 Å². The van der Waals surface area contributed by atoms with E-state index in [-0.39, 0.29) is 10.7 Å². The third-order valence-electron chi connectivity index (χ3n) is 3.93. The molecule has 0 radical (unpaired) electrons. The zero-order valence-corrected chi connectivity index (χ0v) is 14.6. The predicted octanol–water partition coefficient (Wildman–Crippen LogP) is 4.86. The van der Waals surface area contributed by atoms with E-state index in [2.05, 4.69) is 4.72 Å². The number of hydrogen-bond donors (Lipinski definition) is 1. The van der Waals surface area contributed by atoms with E-state index < -0.39 is 10.0 Å². The van der Waals surface area contributed by atoms with Gasteiger partial charge in [0.05, 0.1) is 4.90 Å². The van der Waals surface area contributed by atoms with Crippen molar-refractivity contribution >= 4 is 15.7 Å². The van der Waals surface area contributed by atoms with Gasteiger partial charge in [0.1, 0.15) is 5.82 Å². The number of benzene rings is 3. The van der Waals surface area contributed by atoms with Gasteiger partial charge in [-0.2, -0.15) is 0 Å². The maximum atomic E-state index is 13.0. The number of anilines is 1. The van der Waals surface area contributed by atoms with E-state index in [9.17, 15) is 12.8 Å². The lowest BCUT2D eigenvalue weighted by molar-refractivity contribution is 0.601. The molecule has 0 fully saturated rings. The van der Waals surface area contributed by atoms with Crippen LogP contribution in [0.3, 0.4) is 0 Å². The summed E-state index contributed by atoms with van der Waals surface area (Å²) in [6.07, 6.45) is 0.835. The van der Waals surface area contributed by atoms with Crippen LogP contribution in [0.4, 0.5) is 10.1 Å². The van der Waals surface area contributed by atoms with Crippen molar-refractivity contribution in [1.29, 1.82) is 0 Å². The molecule has 3 nitrogen and oxygen atoms in total. The molecule has 3 aromatic carbocycles. The number of nitrogens with one attached hydrogen (secondary N) is 1. The quantitative estimate of drug-likeness (QED) is 0.711. The molecular weight excluding hydrogens is 337 g/mol. The number of rotatable bonds is 5. The highest BCUT2D eigenvalue weighted by Crippen LogP contribution is 2.23. The maximum absolute atomic E-state index is 13.0. The summed E-state index contributed by atoms with van der Waals surface area (Å²) < 4.78 is 40.7. The monoisotopic (exact) mass is 355 g/mol. The molecule has 25 heavy (non-hydrogen) atoms. The molecule has 0 aliphatic heterocycles. The van der Waals surface area contributed by atoms with E-state index in [4.69, 9.17) is 0 Å². The summed E-state index contributed by atoms with van der Waals surface area (Å²) in [6.45, 7) is 2.02. The third kappa shape index (κ3) is 4.06. The molecule has 0 unspecified atom stereocenters. The Hall–Kier alpha value is -2.66. The fraction of sp³-hybridized carbons (Fsp3) is 0.100. The standard InChI is InChI=1S/C20H18FNO2S/c1-2-15-4-3-5-19(14-15)22-25(23,24)20-12-8-17(9-13-20)16-6-10-18(21)11-7-16/h3-14,22H,2H2,1H3. The molecule has 3 rings (SSSR count). The minimum Gasteiger partial charge on any atom is -0.280 e. The fourth-order valence-electron chi connectivity index (χ4n) is 2.54. The molecule has 0 bridgehead atoms. The number of sulfonamides is 1. The first-order chi connectivity index (χ1) is 12.0. The van der Waals surface area contributed by atoms with Gasteiger partial charge >= 0.3 is 0 Å². The van der Waals surface area contributed by atoms with Gasteiger partial charge in [-0.1, -0.05) is 43.3 Å². The molecule has 0 aliphatic rings. The Balaban J connectivity index is 1.83. The number of hydrogen-bond acceptors (Lipinski definition) is 2. The average Bonchev–Trinajstić information content (AvgIpc) is 2.62. The molecule has 0 heterocycles. The zero-order chi connectivity index (χ0) is 17.9. The molecule has 5 heteroatoms. The molecule has 0 saturated carbocycles. The molecule has 0 spiro atoms. The topological polar surface area (TPSA) is 46.2 Å². The van der Waals surface area contributed by atoms with Crippen LogP contribution in [0.5, 0.6) is 0 Å². The van der Waals surface area contributed by atoms with Crippen molar-refractivity contribution in [3.63, 3.8) is 0 Å². The van der Waals surface area contributed by atoms with Gasteiger partial charge in [0.25, 0.3) is 10.0 Å². The Bertz CT molecular complexity index is 965. The van der Waals surface area contributed by atoms with Crippen LogP contribution in [0.2, 0.25) is 0 Å². The first-order valence-electron chi connectivity index (χ1n) is 7.96. The molecule has 0 aromatic heterocycles. The van der Waals surface area contributed by atoms with Crippen LogP contribution in [-0.4, -0.2) is 8.42 Å². The summed E-state index contributed by atoms with van der Waals surface area (Å²) >= 11 is 0. The Morgan fingerprint density at radius 2 is 1.48 bits per heavy atom. The summed E-state index contributed by atoms with van der Waals surface area (Å²) in [4.78, 5) is 0.181. The summed E-state index contributed by atoms with van der Waals surface area (Å²) in [7, 11) is -3.65. The van der Waals surface area contributed by atoms with Gasteiger partial charge in [-0.25, -0.2) is 12.8 Å². The SMILES string of the molecule is CCc1cccc(NS(=O)(=O)c2ccc(-c3ccc(F)cc3)cc2)c1. The first kappa shape index (κ1) is 17.2. The van der Waals surface area contributed by atoms with E-state index in [1.165, 1.54) is 12.1 Å². The van der Waals surface area contributed by atoms with Crippen molar-refractivity contribution in [2.75, 3.05) is 4.72 Å². The van der Waals surface area contributed by atoms with Crippen LogP contribution in [-0.2, 0) is 16.4 Å². The molecule has 0 aliphatic carbocycles. The molecule has 0 amide bonds. The van der Waals surface area contributed by atoms with Crippen molar-refractivity contribution in [3.05, 3.63) is 84.2 Å². The lowest BCUT2D eigenvalue weighted by Crippen LogP contribution is -2.13. The normalized spacial score (nSPS) is 11.3. The van der Waals surface area contributed by atoms with Gasteiger partial charge in [-0.3, -0.25) is 4.72 Å². The smallest absolute Gasteiger partial charge is 0.261 e. The van der Waals surface area contributed by atoms with Gasteiger partial charge in [0.15, 0.2) is 0 Å². The van der Waals surface area contributed by atoms with Crippen LogP contribution in [0.25, 0.3) is 11.1 Å². The Morgan fingerprint density at radius 3 is 2.08 bits per heavy atom. The zero-order valence-electron chi connectivity index (χ0n) is 13.7. The van der Waals surface area contributed by atoms with Gasteiger partial charge in [-0.05, 0) is 59.5 Å². The second-order valence-electron chi connectivity index (χ2n) is 5.69. The Morgan fingerprint density at radius 1 is 0.880 bits per heavy atom.